The Kier molecular flexibility index (Phi) is 5.20. The number of anilines is 3. The summed E-state index contributed by atoms with van der Waals surface area (Å²) in [4.78, 5) is 2.42. The number of nitrogens with zero attached hydrogens (tertiary/aromatic N) is 2. The van der Waals surface area contributed by atoms with Gasteiger partial charge >= 0.3 is 0 Å². The van der Waals surface area contributed by atoms with E-state index in [0.717, 1.165) is 17.1 Å². The summed E-state index contributed by atoms with van der Waals surface area (Å²) in [6, 6.07) is 52.8. The lowest BCUT2D eigenvalue weighted by Gasteiger charge is -2.32. The number of hydrogen-bond donors (Lipinski definition) is 0. The van der Waals surface area contributed by atoms with Gasteiger partial charge in [0.2, 0.25) is 0 Å². The quantitative estimate of drug-likeness (QED) is 0.221. The van der Waals surface area contributed by atoms with Crippen LogP contribution >= 0.6 is 0 Å². The molecule has 1 heterocycles. The van der Waals surface area contributed by atoms with Crippen molar-refractivity contribution < 1.29 is 0 Å². The predicted molar refractivity (Wildman–Crippen MR) is 173 cm³/mol. The molecule has 0 radical (unpaired) electrons. The fourth-order valence-corrected chi connectivity index (χ4v) is 6.96. The first-order valence-corrected chi connectivity index (χ1v) is 14.3. The van der Waals surface area contributed by atoms with Crippen molar-refractivity contribution in [3.8, 4) is 16.8 Å². The van der Waals surface area contributed by atoms with E-state index in [9.17, 15) is 0 Å². The predicted octanol–water partition coefficient (Wildman–Crippen LogP) is 10.6. The molecule has 1 aliphatic carbocycles. The van der Waals surface area contributed by atoms with Crippen molar-refractivity contribution in [3.63, 3.8) is 0 Å². The van der Waals surface area contributed by atoms with Crippen LogP contribution < -0.4 is 4.90 Å². The third-order valence-electron chi connectivity index (χ3n) is 8.76. The molecular weight excluding hydrogens is 496 g/mol. The van der Waals surface area contributed by atoms with Crippen LogP contribution in [0.3, 0.4) is 0 Å². The van der Waals surface area contributed by atoms with Crippen molar-refractivity contribution in [2.45, 2.75) is 19.3 Å². The lowest BCUT2D eigenvalue weighted by atomic mass is 9.81. The number of fused-ring (bicyclic) bond motifs is 6. The summed E-state index contributed by atoms with van der Waals surface area (Å²) in [6.07, 6.45) is 0. The zero-order chi connectivity index (χ0) is 27.6. The maximum atomic E-state index is 2.42. The molecule has 196 valence electrons. The van der Waals surface area contributed by atoms with Gasteiger partial charge in [-0.05, 0) is 76.9 Å². The van der Waals surface area contributed by atoms with Gasteiger partial charge in [0.25, 0.3) is 0 Å². The standard InChI is InChI=1S/C39H30N2/c1-39(2)34-19-9-6-15-30(34)33-18-12-22-37(38(33)39)40(27-13-4-3-5-14-27)28-23-25-29(26-24-28)41-35-20-10-7-16-31(35)32-17-8-11-21-36(32)41/h3-26H,1-2H3. The van der Waals surface area contributed by atoms with E-state index in [4.69, 9.17) is 0 Å². The van der Waals surface area contributed by atoms with Crippen LogP contribution in [0.4, 0.5) is 17.1 Å². The highest BCUT2D eigenvalue weighted by Gasteiger charge is 2.38. The molecule has 0 saturated heterocycles. The second-order valence-corrected chi connectivity index (χ2v) is 11.4. The average Bonchev–Trinajstić information content (AvgIpc) is 3.48. The normalized spacial score (nSPS) is 13.3. The number of aromatic nitrogens is 1. The van der Waals surface area contributed by atoms with Gasteiger partial charge in [-0.25, -0.2) is 0 Å². The van der Waals surface area contributed by atoms with E-state index < -0.39 is 0 Å². The molecule has 2 nitrogen and oxygen atoms in total. The SMILES string of the molecule is CC1(C)c2ccccc2-c2cccc(N(c3ccccc3)c3ccc(-n4c5ccccc5c5ccccc54)cc3)c21. The first-order valence-electron chi connectivity index (χ1n) is 14.3. The first-order chi connectivity index (χ1) is 20.1. The number of benzene rings is 6. The van der Waals surface area contributed by atoms with Crippen LogP contribution in [-0.2, 0) is 5.41 Å². The van der Waals surface area contributed by atoms with E-state index in [1.807, 2.05) is 0 Å². The summed E-state index contributed by atoms with van der Waals surface area (Å²) in [6.45, 7) is 4.71. The summed E-state index contributed by atoms with van der Waals surface area (Å²) in [7, 11) is 0. The molecule has 0 saturated carbocycles. The van der Waals surface area contributed by atoms with Crippen molar-refractivity contribution >= 4 is 38.9 Å². The summed E-state index contributed by atoms with van der Waals surface area (Å²) in [5, 5.41) is 2.56. The molecule has 0 spiro atoms. The zero-order valence-electron chi connectivity index (χ0n) is 23.3. The molecule has 0 fully saturated rings. The Labute approximate surface area is 240 Å². The molecule has 0 amide bonds. The van der Waals surface area contributed by atoms with E-state index >= 15 is 0 Å². The minimum atomic E-state index is -0.113. The highest BCUT2D eigenvalue weighted by molar-refractivity contribution is 6.09. The van der Waals surface area contributed by atoms with Crippen LogP contribution in [0.15, 0.2) is 146 Å². The van der Waals surface area contributed by atoms with Gasteiger partial charge in [-0.1, -0.05) is 105 Å². The van der Waals surface area contributed by atoms with Crippen LogP contribution in [0, 0.1) is 0 Å². The van der Waals surface area contributed by atoms with E-state index in [0.29, 0.717) is 0 Å². The monoisotopic (exact) mass is 526 g/mol. The summed E-state index contributed by atoms with van der Waals surface area (Å²) >= 11 is 0. The largest absolute Gasteiger partial charge is 0.310 e. The van der Waals surface area contributed by atoms with Gasteiger partial charge in [-0.15, -0.1) is 0 Å². The minimum absolute atomic E-state index is 0.113. The Morgan fingerprint density at radius 3 is 1.76 bits per heavy atom. The molecule has 0 atom stereocenters. The molecule has 8 rings (SSSR count). The second-order valence-electron chi connectivity index (χ2n) is 11.4. The highest BCUT2D eigenvalue weighted by atomic mass is 15.1. The molecule has 0 aliphatic heterocycles. The van der Waals surface area contributed by atoms with Crippen molar-refractivity contribution in [2.75, 3.05) is 4.90 Å². The third-order valence-corrected chi connectivity index (χ3v) is 8.76. The molecule has 2 heteroatoms. The van der Waals surface area contributed by atoms with Crippen molar-refractivity contribution in [2.24, 2.45) is 0 Å². The second kappa shape index (κ2) is 8.97. The van der Waals surface area contributed by atoms with E-state index in [-0.39, 0.29) is 5.41 Å². The van der Waals surface area contributed by atoms with Crippen molar-refractivity contribution in [3.05, 3.63) is 157 Å². The van der Waals surface area contributed by atoms with Gasteiger partial charge in [-0.2, -0.15) is 0 Å². The highest BCUT2D eigenvalue weighted by Crippen LogP contribution is 2.54. The Morgan fingerprint density at radius 2 is 1.05 bits per heavy atom. The van der Waals surface area contributed by atoms with Gasteiger partial charge in [-0.3, -0.25) is 0 Å². The molecule has 1 aromatic heterocycles. The van der Waals surface area contributed by atoms with E-state index in [1.165, 1.54) is 49.7 Å². The molecule has 7 aromatic rings. The van der Waals surface area contributed by atoms with Crippen LogP contribution in [0.5, 0.6) is 0 Å². The summed E-state index contributed by atoms with van der Waals surface area (Å²) in [5.74, 6) is 0. The molecule has 41 heavy (non-hydrogen) atoms. The molecule has 6 aromatic carbocycles. The van der Waals surface area contributed by atoms with Gasteiger partial charge in [0, 0.05) is 33.2 Å². The van der Waals surface area contributed by atoms with Crippen molar-refractivity contribution in [1.82, 2.24) is 4.57 Å². The smallest absolute Gasteiger partial charge is 0.0541 e. The van der Waals surface area contributed by atoms with Gasteiger partial charge in [0.05, 0.1) is 16.7 Å². The topological polar surface area (TPSA) is 8.17 Å². The molecule has 0 N–H and O–H groups in total. The van der Waals surface area contributed by atoms with Gasteiger partial charge < -0.3 is 9.47 Å². The maximum Gasteiger partial charge on any atom is 0.0541 e. The van der Waals surface area contributed by atoms with Crippen LogP contribution in [-0.4, -0.2) is 4.57 Å². The summed E-state index contributed by atoms with van der Waals surface area (Å²) < 4.78 is 2.38. The molecule has 0 bridgehead atoms. The average molecular weight is 527 g/mol. The fourth-order valence-electron chi connectivity index (χ4n) is 6.96. The Morgan fingerprint density at radius 1 is 0.488 bits per heavy atom. The van der Waals surface area contributed by atoms with E-state index in [2.05, 4.69) is 169 Å². The maximum absolute atomic E-state index is 2.42. The zero-order valence-corrected chi connectivity index (χ0v) is 23.3. The van der Waals surface area contributed by atoms with Crippen LogP contribution in [0.1, 0.15) is 25.0 Å². The Hall–Kier alpha value is -5.08. The minimum Gasteiger partial charge on any atom is -0.310 e. The Bertz CT molecular complexity index is 2010. The number of hydrogen-bond acceptors (Lipinski definition) is 1. The fraction of sp³-hybridized carbons (Fsp3) is 0.0769. The molecule has 1 aliphatic rings. The number of rotatable bonds is 4. The Balaban J connectivity index is 1.32. The van der Waals surface area contributed by atoms with E-state index in [1.54, 1.807) is 0 Å². The lowest BCUT2D eigenvalue weighted by molar-refractivity contribution is 0.661. The van der Waals surface area contributed by atoms with Crippen LogP contribution in [0.25, 0.3) is 38.6 Å². The molecule has 0 unspecified atom stereocenters. The van der Waals surface area contributed by atoms with Gasteiger partial charge in [0.15, 0.2) is 0 Å². The molecular formula is C39H30N2. The third kappa shape index (κ3) is 3.50. The van der Waals surface area contributed by atoms with Gasteiger partial charge in [0.1, 0.15) is 0 Å². The van der Waals surface area contributed by atoms with Crippen LogP contribution in [0.2, 0.25) is 0 Å². The lowest BCUT2D eigenvalue weighted by Crippen LogP contribution is -2.20. The summed E-state index contributed by atoms with van der Waals surface area (Å²) in [5.41, 5.74) is 12.4. The number of para-hydroxylation sites is 3. The first kappa shape index (κ1) is 23.8. The van der Waals surface area contributed by atoms with Crippen molar-refractivity contribution in [1.29, 1.82) is 0 Å².